The van der Waals surface area contributed by atoms with E-state index < -0.39 is 16.7 Å². The summed E-state index contributed by atoms with van der Waals surface area (Å²) in [6.07, 6.45) is 2.86. The number of carbonyl (C=O) groups excluding carboxylic acids is 3. The van der Waals surface area contributed by atoms with Gasteiger partial charge in [-0.15, -0.1) is 5.10 Å². The normalized spacial score (nSPS) is 13.4. The predicted octanol–water partition coefficient (Wildman–Crippen LogP) is 7.83. The molecule has 12 heteroatoms. The highest BCUT2D eigenvalue weighted by Crippen LogP contribution is 2.43. The fraction of sp³-hybridized carbons (Fsp3) is 0.622. The molecular weight excluding hydrogens is 721 g/mol. The Labute approximate surface area is 340 Å². The van der Waals surface area contributed by atoms with Crippen LogP contribution < -0.4 is 15.5 Å². The van der Waals surface area contributed by atoms with E-state index in [2.05, 4.69) is 52.2 Å². The first kappa shape index (κ1) is 45.6. The number of rotatable bonds is 21. The molecule has 2 heterocycles. The summed E-state index contributed by atoms with van der Waals surface area (Å²) < 4.78 is 20.5. The van der Waals surface area contributed by atoms with E-state index in [1.165, 1.54) is 6.92 Å². The number of fused-ring (bicyclic) bond motifs is 5. The number of anilines is 1. The van der Waals surface area contributed by atoms with Crippen LogP contribution in [0.25, 0.3) is 22.5 Å². The fourth-order valence-corrected chi connectivity index (χ4v) is 6.76. The van der Waals surface area contributed by atoms with Crippen LogP contribution in [0.4, 0.5) is 5.69 Å². The monoisotopic (exact) mass is 789 g/mol. The van der Waals surface area contributed by atoms with Gasteiger partial charge in [-0.05, 0) is 98.6 Å². The van der Waals surface area contributed by atoms with Gasteiger partial charge < -0.3 is 29.7 Å². The smallest absolute Gasteiger partial charge is 0.227 e. The summed E-state index contributed by atoms with van der Waals surface area (Å²) in [7, 11) is 0. The Kier molecular flexibility index (Phi) is 15.6. The second kappa shape index (κ2) is 19.5. The predicted molar refractivity (Wildman–Crippen MR) is 226 cm³/mol. The summed E-state index contributed by atoms with van der Waals surface area (Å²) in [5.74, 6) is 0.101. The molecule has 0 atom stereocenters. The quantitative estimate of drug-likeness (QED) is 0.112. The van der Waals surface area contributed by atoms with Crippen LogP contribution in [0.5, 0.6) is 0 Å². The molecule has 314 valence electrons. The molecule has 1 aliphatic rings. The van der Waals surface area contributed by atoms with E-state index in [9.17, 15) is 14.4 Å². The van der Waals surface area contributed by atoms with Crippen molar-refractivity contribution in [1.82, 2.24) is 25.6 Å². The van der Waals surface area contributed by atoms with Crippen LogP contribution in [0.3, 0.4) is 0 Å². The first-order valence-corrected chi connectivity index (χ1v) is 20.6. The van der Waals surface area contributed by atoms with Crippen LogP contribution in [0.1, 0.15) is 120 Å². The molecule has 0 radical (unpaired) electrons. The Morgan fingerprint density at radius 3 is 1.96 bits per heavy atom. The van der Waals surface area contributed by atoms with E-state index >= 15 is 0 Å². The van der Waals surface area contributed by atoms with Crippen LogP contribution in [-0.4, -0.2) is 82.4 Å². The average Bonchev–Trinajstić information content (AvgIpc) is 3.56. The van der Waals surface area contributed by atoms with Gasteiger partial charge in [0.25, 0.3) is 0 Å². The second-order valence-corrected chi connectivity index (χ2v) is 18.2. The largest absolute Gasteiger partial charge is 0.375 e. The maximum atomic E-state index is 14.2. The summed E-state index contributed by atoms with van der Waals surface area (Å²) in [5.41, 5.74) is 3.37. The molecule has 12 nitrogen and oxygen atoms in total. The molecule has 0 fully saturated rings. The molecule has 0 unspecified atom stereocenters. The lowest BCUT2D eigenvalue weighted by Crippen LogP contribution is -2.36. The van der Waals surface area contributed by atoms with Gasteiger partial charge in [-0.25, -0.2) is 4.68 Å². The standard InChI is InChI=1S/C45H68N6O6/c1-32(2)31-57-45(10,11)25-29-56-44(8,9)23-27-47-38(53)20-21-39(54)50-30-34-16-12-13-17-35(34)40-41(36-18-14-15-19-37(36)50)51(49-48-40)42(4,5)24-28-55-43(6,7)22-26-46-33(3)52/h12-19,32H,20-31H2,1-11H3,(H,46,52)(H,47,53). The molecule has 2 aromatic carbocycles. The van der Waals surface area contributed by atoms with Gasteiger partial charge in [0, 0.05) is 57.2 Å². The minimum Gasteiger partial charge on any atom is -0.375 e. The number of amides is 3. The minimum absolute atomic E-state index is 0.0542. The topological polar surface area (TPSA) is 137 Å². The number of carbonyl (C=O) groups is 3. The number of hydrogen-bond donors (Lipinski definition) is 2. The van der Waals surface area contributed by atoms with E-state index in [0.717, 1.165) is 40.2 Å². The second-order valence-electron chi connectivity index (χ2n) is 18.2. The minimum atomic E-state index is -0.513. The average molecular weight is 789 g/mol. The Morgan fingerprint density at radius 2 is 1.32 bits per heavy atom. The Bertz CT molecular complexity index is 1810. The number of nitrogens with zero attached hydrogens (tertiary/aromatic N) is 4. The maximum Gasteiger partial charge on any atom is 0.227 e. The van der Waals surface area contributed by atoms with E-state index in [4.69, 9.17) is 24.5 Å². The zero-order valence-corrected chi connectivity index (χ0v) is 36.4. The van der Waals surface area contributed by atoms with Crippen molar-refractivity contribution in [2.45, 2.75) is 144 Å². The molecule has 0 aliphatic carbocycles. The van der Waals surface area contributed by atoms with Crippen molar-refractivity contribution >= 4 is 23.4 Å². The van der Waals surface area contributed by atoms with Crippen LogP contribution >= 0.6 is 0 Å². The molecule has 4 rings (SSSR count). The molecule has 57 heavy (non-hydrogen) atoms. The van der Waals surface area contributed by atoms with Gasteiger partial charge >= 0.3 is 0 Å². The number of para-hydroxylation sites is 1. The molecule has 3 aromatic rings. The highest BCUT2D eigenvalue weighted by Gasteiger charge is 2.34. The zero-order valence-electron chi connectivity index (χ0n) is 36.4. The van der Waals surface area contributed by atoms with Crippen molar-refractivity contribution in [1.29, 1.82) is 0 Å². The molecule has 1 aromatic heterocycles. The van der Waals surface area contributed by atoms with E-state index in [1.807, 2.05) is 80.9 Å². The van der Waals surface area contributed by atoms with Gasteiger partial charge in [0.2, 0.25) is 17.7 Å². The van der Waals surface area contributed by atoms with Gasteiger partial charge in [-0.3, -0.25) is 14.4 Å². The summed E-state index contributed by atoms with van der Waals surface area (Å²) in [6.45, 7) is 25.4. The number of ether oxygens (including phenoxy) is 3. The fourth-order valence-electron chi connectivity index (χ4n) is 6.76. The molecule has 0 spiro atoms. The van der Waals surface area contributed by atoms with Crippen LogP contribution in [0, 0.1) is 5.92 Å². The van der Waals surface area contributed by atoms with Crippen molar-refractivity contribution in [3.8, 4) is 22.5 Å². The number of aromatic nitrogens is 3. The lowest BCUT2D eigenvalue weighted by molar-refractivity contribution is -0.125. The van der Waals surface area contributed by atoms with Crippen LogP contribution in [0.2, 0.25) is 0 Å². The van der Waals surface area contributed by atoms with Crippen LogP contribution in [0.15, 0.2) is 48.5 Å². The lowest BCUT2D eigenvalue weighted by atomic mass is 9.93. The van der Waals surface area contributed by atoms with Gasteiger partial charge in [0.15, 0.2) is 0 Å². The molecule has 0 saturated heterocycles. The van der Waals surface area contributed by atoms with Gasteiger partial charge in [0.1, 0.15) is 5.69 Å². The zero-order chi connectivity index (χ0) is 42.0. The first-order valence-electron chi connectivity index (χ1n) is 20.6. The van der Waals surface area contributed by atoms with Gasteiger partial charge in [-0.2, -0.15) is 0 Å². The molecule has 3 amide bonds. The van der Waals surface area contributed by atoms with Crippen molar-refractivity contribution in [3.63, 3.8) is 0 Å². The summed E-state index contributed by atoms with van der Waals surface area (Å²) in [6, 6.07) is 15.8. The third kappa shape index (κ3) is 13.5. The van der Waals surface area contributed by atoms with Crippen molar-refractivity contribution in [2.24, 2.45) is 5.92 Å². The van der Waals surface area contributed by atoms with Crippen molar-refractivity contribution < 1.29 is 28.6 Å². The van der Waals surface area contributed by atoms with E-state index in [0.29, 0.717) is 64.6 Å². The van der Waals surface area contributed by atoms with Crippen molar-refractivity contribution in [3.05, 3.63) is 54.1 Å². The molecule has 2 N–H and O–H groups in total. The Morgan fingerprint density at radius 1 is 0.737 bits per heavy atom. The van der Waals surface area contributed by atoms with Gasteiger partial charge in [0.05, 0.1) is 46.9 Å². The molecule has 0 saturated carbocycles. The highest BCUT2D eigenvalue weighted by molar-refractivity contribution is 6.01. The maximum absolute atomic E-state index is 14.2. The SMILES string of the molecule is CC(=O)NCCC(C)(C)OCCC(C)(C)n1nnc2c1-c1ccccc1N(C(=O)CCC(=O)NCCC(C)(C)OCCC(C)(C)OCC(C)C)Cc1ccccc1-2. The Hall–Kier alpha value is -4.13. The van der Waals surface area contributed by atoms with E-state index in [1.54, 1.807) is 4.90 Å². The molecule has 1 aliphatic heterocycles. The molecular formula is C45H68N6O6. The number of nitrogens with one attached hydrogen (secondary N) is 2. The summed E-state index contributed by atoms with van der Waals surface area (Å²) >= 11 is 0. The third-order valence-corrected chi connectivity index (χ3v) is 10.5. The summed E-state index contributed by atoms with van der Waals surface area (Å²) in [5, 5.41) is 15.4. The Balaban J connectivity index is 1.44. The summed E-state index contributed by atoms with van der Waals surface area (Å²) in [4.78, 5) is 40.4. The van der Waals surface area contributed by atoms with Crippen LogP contribution in [-0.2, 0) is 40.7 Å². The lowest BCUT2D eigenvalue weighted by Gasteiger charge is -2.32. The molecule has 0 bridgehead atoms. The number of hydrogen-bond acceptors (Lipinski definition) is 8. The highest BCUT2D eigenvalue weighted by atomic mass is 16.5. The number of benzene rings is 2. The van der Waals surface area contributed by atoms with Gasteiger partial charge in [-0.1, -0.05) is 61.5 Å². The first-order chi connectivity index (χ1) is 26.7. The van der Waals surface area contributed by atoms with Crippen molar-refractivity contribution in [2.75, 3.05) is 37.8 Å². The van der Waals surface area contributed by atoms with E-state index in [-0.39, 0.29) is 36.2 Å². The third-order valence-electron chi connectivity index (χ3n) is 10.5.